The van der Waals surface area contributed by atoms with Crippen LogP contribution in [0.1, 0.15) is 248 Å². The van der Waals surface area contributed by atoms with Crippen LogP contribution in [-0.4, -0.2) is 184 Å². The number of rotatable bonds is 26. The van der Waals surface area contributed by atoms with Gasteiger partial charge in [-0.15, -0.1) is 0 Å². The number of halogens is 3. The lowest BCUT2D eigenvalue weighted by atomic mass is 9.78. The molecule has 136 heavy (non-hydrogen) atoms. The van der Waals surface area contributed by atoms with Crippen molar-refractivity contribution in [1.82, 2.24) is 10.2 Å². The molecule has 0 bridgehead atoms. The lowest BCUT2D eigenvalue weighted by Gasteiger charge is -2.48. The van der Waals surface area contributed by atoms with Crippen molar-refractivity contribution in [1.29, 1.82) is 0 Å². The number of aliphatic hydroxyl groups is 1. The van der Waals surface area contributed by atoms with Crippen LogP contribution in [0.5, 0.6) is 0 Å². The van der Waals surface area contributed by atoms with E-state index in [0.29, 0.717) is 36.8 Å². The quantitative estimate of drug-likeness (QED) is 0.0170. The van der Waals surface area contributed by atoms with Gasteiger partial charge < -0.3 is 64.2 Å². The number of nitrogens with zero attached hydrogens (tertiary/aromatic N) is 7. The molecule has 9 aliphatic heterocycles. The Morgan fingerprint density at radius 2 is 0.684 bits per heavy atom. The zero-order valence-corrected chi connectivity index (χ0v) is 88.1. The van der Waals surface area contributed by atoms with Gasteiger partial charge in [0.2, 0.25) is 6.29 Å². The van der Waals surface area contributed by atoms with Gasteiger partial charge in [-0.25, -0.2) is 24.0 Å². The normalized spacial score (nSPS) is 17.4. The molecular weight excluding hydrogens is 1960 g/mol. The van der Waals surface area contributed by atoms with E-state index in [1.54, 1.807) is 34.6 Å². The Labute approximate surface area is 828 Å². The van der Waals surface area contributed by atoms with Crippen LogP contribution in [0.3, 0.4) is 0 Å². The second kappa shape index (κ2) is 42.1. The molecule has 9 heterocycles. The number of nitrogens with one attached hydrogen (secondary N) is 1. The maximum atomic E-state index is 14.1. The molecule has 9 aromatic carbocycles. The van der Waals surface area contributed by atoms with Crippen LogP contribution in [0.25, 0.3) is 0 Å². The fourth-order valence-corrected chi connectivity index (χ4v) is 41.3. The summed E-state index contributed by atoms with van der Waals surface area (Å²) in [7, 11) is -6.30. The summed E-state index contributed by atoms with van der Waals surface area (Å²) in [5.74, 6) is -4.85. The predicted octanol–water partition coefficient (Wildman–Crippen LogP) is 18.1. The molecule has 3 fully saturated rings. The summed E-state index contributed by atoms with van der Waals surface area (Å²) in [6.07, 6.45) is 12.4. The Bertz CT molecular complexity index is 5920. The average Bonchev–Trinajstić information content (AvgIpc) is 1.43. The maximum Gasteiger partial charge on any atom is 0.341 e. The Balaban J connectivity index is 0.000000148. The Kier molecular flexibility index (Phi) is 30.9. The molecule has 28 heteroatoms. The van der Waals surface area contributed by atoms with Crippen LogP contribution in [0, 0.1) is 0 Å². The third kappa shape index (κ3) is 18.1. The van der Waals surface area contributed by atoms with Gasteiger partial charge >= 0.3 is 29.8 Å². The number of aliphatic hydroxyl groups excluding tert-OH is 1. The molecule has 716 valence electrons. The van der Waals surface area contributed by atoms with Crippen molar-refractivity contribution in [3.05, 3.63) is 256 Å². The van der Waals surface area contributed by atoms with Gasteiger partial charge in [-0.1, -0.05) is 117 Å². The highest BCUT2D eigenvalue weighted by molar-refractivity contribution is 9.11. The maximum absolute atomic E-state index is 14.1. The van der Waals surface area contributed by atoms with Crippen molar-refractivity contribution in [3.8, 4) is 0 Å². The minimum atomic E-state index is -2.34. The number of hydrogen-bond donors (Lipinski definition) is 4. The molecule has 9 aliphatic rings. The minimum Gasteiger partial charge on any atom is -0.478 e. The molecule has 3 amide bonds. The number of benzene rings is 9. The van der Waals surface area contributed by atoms with E-state index in [2.05, 4.69) is 292 Å². The number of carbonyl (C=O) groups is 8. The van der Waals surface area contributed by atoms with Crippen LogP contribution in [-0.2, 0) is 35.0 Å². The van der Waals surface area contributed by atoms with Crippen molar-refractivity contribution < 1.29 is 67.9 Å². The number of carboxylic acids is 2. The Hall–Kier alpha value is -10.5. The van der Waals surface area contributed by atoms with Crippen molar-refractivity contribution in [2.45, 2.75) is 195 Å². The number of anilines is 6. The number of esters is 3. The van der Waals surface area contributed by atoms with Crippen molar-refractivity contribution in [2.75, 3.05) is 121 Å². The zero-order valence-electron chi connectivity index (χ0n) is 80.3. The molecule has 0 aromatic heterocycles. The summed E-state index contributed by atoms with van der Waals surface area (Å²) in [5, 5.41) is 39.7. The van der Waals surface area contributed by atoms with E-state index in [4.69, 9.17) is 14.6 Å². The van der Waals surface area contributed by atoms with Gasteiger partial charge in [0.25, 0.3) is 17.7 Å². The molecule has 18 rings (SSSR count). The predicted molar refractivity (Wildman–Crippen MR) is 561 cm³/mol. The van der Waals surface area contributed by atoms with E-state index in [-0.39, 0.29) is 45.7 Å². The second-order valence-corrected chi connectivity index (χ2v) is 51.9. The Morgan fingerprint density at radius 3 is 1.02 bits per heavy atom. The summed E-state index contributed by atoms with van der Waals surface area (Å²) >= 11 is 10.00. The summed E-state index contributed by atoms with van der Waals surface area (Å²) < 4.78 is 19.0. The third-order valence-electron chi connectivity index (χ3n) is 30.3. The number of carboxylic acid groups (broad SMARTS) is 2. The molecule has 1 atom stereocenters. The van der Waals surface area contributed by atoms with Crippen molar-refractivity contribution in [3.63, 3.8) is 0 Å². The highest BCUT2D eigenvalue weighted by Crippen LogP contribution is 2.55. The van der Waals surface area contributed by atoms with Crippen molar-refractivity contribution >= 4 is 185 Å². The number of hydrogen-bond acceptors (Lipinski definition) is 18. The fourth-order valence-electron chi connectivity index (χ4n) is 23.2. The Morgan fingerprint density at radius 1 is 0.375 bits per heavy atom. The lowest BCUT2D eigenvalue weighted by molar-refractivity contribution is -0.136. The lowest BCUT2D eigenvalue weighted by Crippen LogP contribution is -2.67. The molecule has 22 nitrogen and oxygen atoms in total. The number of aromatic carboxylic acids is 2. The third-order valence-corrected chi connectivity index (χ3v) is 48.1. The van der Waals surface area contributed by atoms with Crippen LogP contribution in [0.15, 0.2) is 183 Å². The molecule has 3 saturated heterocycles. The zero-order chi connectivity index (χ0) is 97.0. The van der Waals surface area contributed by atoms with E-state index in [1.165, 1.54) is 149 Å². The van der Waals surface area contributed by atoms with Crippen LogP contribution >= 0.6 is 47.8 Å². The number of carbonyl (C=O) groups excluding carboxylic acids is 6. The number of fused-ring (bicyclic) bond motifs is 17. The first-order chi connectivity index (χ1) is 65.6. The van der Waals surface area contributed by atoms with Gasteiger partial charge in [-0.2, -0.15) is 0 Å². The summed E-state index contributed by atoms with van der Waals surface area (Å²) in [5.41, 5.74) is 12.1. The second-order valence-electron chi connectivity index (χ2n) is 36.6. The summed E-state index contributed by atoms with van der Waals surface area (Å²) in [6.45, 7) is 38.1. The molecule has 1 unspecified atom stereocenters. The van der Waals surface area contributed by atoms with Crippen LogP contribution in [0.2, 0.25) is 36.3 Å². The van der Waals surface area contributed by atoms with Crippen LogP contribution < -0.4 is 65.8 Å². The molecule has 9 aromatic rings. The summed E-state index contributed by atoms with van der Waals surface area (Å²) in [6, 6.07) is 62.9. The minimum absolute atomic E-state index is 0.0221. The molecular formula is C108H127Br3N8O14Si3. The van der Waals surface area contributed by atoms with E-state index in [9.17, 15) is 48.6 Å². The first-order valence-corrected chi connectivity index (χ1v) is 58.7. The first kappa shape index (κ1) is 100.0. The van der Waals surface area contributed by atoms with Gasteiger partial charge in [-0.05, 0) is 297 Å². The van der Waals surface area contributed by atoms with Gasteiger partial charge in [-0.3, -0.25) is 19.3 Å². The van der Waals surface area contributed by atoms with E-state index in [1.807, 2.05) is 0 Å². The van der Waals surface area contributed by atoms with Gasteiger partial charge in [0.1, 0.15) is 24.2 Å². The van der Waals surface area contributed by atoms with E-state index in [0.717, 1.165) is 130 Å². The molecule has 4 N–H and O–H groups in total. The number of cyclic esters (lactones) is 1. The molecule has 0 radical (unpaired) electrons. The molecule has 4 spiro atoms. The van der Waals surface area contributed by atoms with Crippen molar-refractivity contribution in [2.24, 2.45) is 0 Å². The van der Waals surface area contributed by atoms with Gasteiger partial charge in [0.05, 0.1) is 33.4 Å². The van der Waals surface area contributed by atoms with E-state index < -0.39 is 83.4 Å². The highest BCUT2D eigenvalue weighted by Gasteiger charge is 2.61. The smallest absolute Gasteiger partial charge is 0.341 e. The molecule has 0 saturated carbocycles. The number of ether oxygens (including phenoxy) is 3. The number of imide groups is 1. The first-order valence-electron chi connectivity index (χ1n) is 49.0. The standard InChI is InChI=1S/C40H45BrN4O5Si.C34H39BrN2O4Si.C25H38N2Si.C9H5BrO5/c1-5-43(6-2)26-12-14-30-34(22-26)51(20-10-9-11-21-51)35-23-27(44(7-3)8-4)13-15-31(35)40(30)32-24-29(33(41)25-28(32)39(49)50-40)38(48)42-18-19-45-36(46)16-17-37(45)47;1-5-36(6-2)22-12-14-26-30(18-22)42(16-10-9-11-17-42)31-19-23(37(7-3)8-4)13-15-27(31)34(26)28-20-25(32(38)39)29(35)21-24(28)33(40)41-34;1-5-26(6-2)22-14-12-16-24(20-22)28(18-10-9-11-19-28)25-17-13-15-23(21-25)27(7-3)8-4;10-6-2-4-3(1-5(6)7(11)12)8(13)15-9(4)14/h12-17,22-25H,5-11,18-21H2,1-4H3,(H,42,48);12-15,18-21H,5-11,16-17H2,1-4H3,(H,38,39);12-17,20-21H,5-11,18-19H2,1-4H3;1-2,8,13H,(H,11,12). The topological polar surface area (TPSA) is 260 Å². The van der Waals surface area contributed by atoms with Gasteiger partial charge in [0.15, 0.2) is 11.2 Å². The average molecular weight is 2090 g/mol. The summed E-state index contributed by atoms with van der Waals surface area (Å²) in [4.78, 5) is 116. The fraction of sp³-hybridized carbons (Fsp3) is 0.407. The monoisotopic (exact) mass is 2080 g/mol. The SMILES string of the molecule is CCN(CC)c1ccc2c(c1)[Si]1(CCCCC1)c1cc(N(CC)CC)ccc1C21OC(=O)c2cc(Br)c(C(=O)NCCN3C(=O)C=CC3=O)cc21.CCN(CC)c1ccc2c(c1)[Si]1(CCCCC1)c1cc(N(CC)CC)ccc1C21OC(=O)c2cc(Br)c(C(=O)O)cc21.CCN(CC)c1cccc([Si]2(c3cccc(N(CC)CC)c3)CCCCC2)c1.O=C(O)c1cc2c(cc1Br)C(=O)OC2O. The van der Waals surface area contributed by atoms with Crippen LogP contribution in [0.4, 0.5) is 34.1 Å². The largest absolute Gasteiger partial charge is 0.478 e. The van der Waals surface area contributed by atoms with E-state index >= 15 is 0 Å². The molecule has 0 aliphatic carbocycles. The van der Waals surface area contributed by atoms with Gasteiger partial charge in [0, 0.05) is 190 Å². The highest BCUT2D eigenvalue weighted by atomic mass is 79.9. The number of amides is 3.